The summed E-state index contributed by atoms with van der Waals surface area (Å²) in [6.45, 7) is 0. The molecule has 3 unspecified atom stereocenters. The molecule has 0 aromatic heterocycles. The quantitative estimate of drug-likeness (QED) is 0.630. The van der Waals surface area contributed by atoms with Gasteiger partial charge in [-0.1, -0.05) is 31.4 Å². The Kier molecular flexibility index (Phi) is 2.42. The van der Waals surface area contributed by atoms with Gasteiger partial charge in [0.15, 0.2) is 0 Å². The smallest absolute Gasteiger partial charge is 0.139 e. The van der Waals surface area contributed by atoms with Crippen LogP contribution in [0.3, 0.4) is 0 Å². The van der Waals surface area contributed by atoms with Crippen LogP contribution in [-0.2, 0) is 4.79 Å². The lowest BCUT2D eigenvalue weighted by molar-refractivity contribution is -0.128. The molecule has 2 bridgehead atoms. The highest BCUT2D eigenvalue weighted by Crippen LogP contribution is 2.45. The molecule has 0 spiro atoms. The fourth-order valence-corrected chi connectivity index (χ4v) is 3.80. The van der Waals surface area contributed by atoms with E-state index in [0.717, 1.165) is 12.3 Å². The van der Waals surface area contributed by atoms with E-state index in [1.807, 2.05) is 0 Å². The molecule has 2 saturated carbocycles. The Hall–Kier alpha value is -0.590. The first-order valence-electron chi connectivity index (χ1n) is 6.56. The lowest BCUT2D eigenvalue weighted by Gasteiger charge is -2.26. The molecule has 0 saturated heterocycles. The normalized spacial score (nSPS) is 39.9. The number of ketones is 1. The van der Waals surface area contributed by atoms with E-state index in [4.69, 9.17) is 0 Å². The van der Waals surface area contributed by atoms with Crippen LogP contribution in [0.25, 0.3) is 0 Å². The zero-order valence-electron chi connectivity index (χ0n) is 9.32. The van der Waals surface area contributed by atoms with E-state index in [0.29, 0.717) is 23.5 Å². The minimum Gasteiger partial charge on any atom is -0.299 e. The molecular formula is C14H20O. The third-order valence-electron chi connectivity index (χ3n) is 4.65. The maximum absolute atomic E-state index is 12.4. The van der Waals surface area contributed by atoms with Crippen molar-refractivity contribution in [2.45, 2.75) is 44.9 Å². The predicted molar refractivity (Wildman–Crippen MR) is 60.4 cm³/mol. The molecule has 82 valence electrons. The zero-order valence-corrected chi connectivity index (χ0v) is 9.32. The van der Waals surface area contributed by atoms with Crippen molar-refractivity contribution in [3.63, 3.8) is 0 Å². The topological polar surface area (TPSA) is 17.1 Å². The van der Waals surface area contributed by atoms with Crippen molar-refractivity contribution in [3.05, 3.63) is 12.2 Å². The first-order valence-corrected chi connectivity index (χ1v) is 6.56. The third-order valence-corrected chi connectivity index (χ3v) is 4.65. The van der Waals surface area contributed by atoms with E-state index in [1.165, 1.54) is 38.5 Å². The average molecular weight is 204 g/mol. The number of carbonyl (C=O) groups excluding carboxylic acids is 1. The van der Waals surface area contributed by atoms with Crippen molar-refractivity contribution in [1.29, 1.82) is 0 Å². The first-order chi connectivity index (χ1) is 7.34. The van der Waals surface area contributed by atoms with Crippen LogP contribution in [-0.4, -0.2) is 5.78 Å². The van der Waals surface area contributed by atoms with Crippen LogP contribution in [0, 0.1) is 23.7 Å². The average Bonchev–Trinajstić information content (AvgIpc) is 2.91. The fraction of sp³-hybridized carbons (Fsp3) is 0.786. The molecule has 0 amide bonds. The van der Waals surface area contributed by atoms with Gasteiger partial charge in [-0.25, -0.2) is 0 Å². The first kappa shape index (κ1) is 9.62. The highest BCUT2D eigenvalue weighted by atomic mass is 16.1. The van der Waals surface area contributed by atoms with Gasteiger partial charge in [-0.3, -0.25) is 4.79 Å². The van der Waals surface area contributed by atoms with Crippen LogP contribution < -0.4 is 0 Å². The molecule has 0 N–H and O–H groups in total. The maximum Gasteiger partial charge on any atom is 0.139 e. The van der Waals surface area contributed by atoms with Gasteiger partial charge in [0, 0.05) is 11.8 Å². The molecular weight excluding hydrogens is 184 g/mol. The Morgan fingerprint density at radius 2 is 1.80 bits per heavy atom. The van der Waals surface area contributed by atoms with E-state index >= 15 is 0 Å². The summed E-state index contributed by atoms with van der Waals surface area (Å²) >= 11 is 0. The van der Waals surface area contributed by atoms with E-state index in [-0.39, 0.29) is 0 Å². The van der Waals surface area contributed by atoms with Crippen LogP contribution in [0.4, 0.5) is 0 Å². The standard InChI is InChI=1S/C14H20O/c15-14(11-4-2-1-3-5-11)13-9-10-6-7-12(13)8-10/h6-7,10-13H,1-5,8-9H2. The number of hydrogen-bond acceptors (Lipinski definition) is 1. The lowest BCUT2D eigenvalue weighted by Crippen LogP contribution is -2.28. The van der Waals surface area contributed by atoms with Gasteiger partial charge in [0.1, 0.15) is 5.78 Å². The number of fused-ring (bicyclic) bond motifs is 2. The summed E-state index contributed by atoms with van der Waals surface area (Å²) in [5.41, 5.74) is 0. The second kappa shape index (κ2) is 3.77. The summed E-state index contributed by atoms with van der Waals surface area (Å²) in [6, 6.07) is 0. The molecule has 0 radical (unpaired) electrons. The molecule has 0 aromatic rings. The molecule has 2 fully saturated rings. The number of hydrogen-bond donors (Lipinski definition) is 0. The van der Waals surface area contributed by atoms with Gasteiger partial charge >= 0.3 is 0 Å². The van der Waals surface area contributed by atoms with Crippen LogP contribution in [0.5, 0.6) is 0 Å². The third kappa shape index (κ3) is 1.66. The van der Waals surface area contributed by atoms with Gasteiger partial charge in [-0.2, -0.15) is 0 Å². The van der Waals surface area contributed by atoms with Crippen LogP contribution >= 0.6 is 0 Å². The number of Topliss-reactive ketones (excluding diaryl/α,β-unsaturated/α-hetero) is 1. The zero-order chi connectivity index (χ0) is 10.3. The van der Waals surface area contributed by atoms with Crippen molar-refractivity contribution in [2.75, 3.05) is 0 Å². The van der Waals surface area contributed by atoms with Crippen molar-refractivity contribution in [3.8, 4) is 0 Å². The van der Waals surface area contributed by atoms with Gasteiger partial charge in [-0.15, -0.1) is 0 Å². The Balaban J connectivity index is 1.67. The van der Waals surface area contributed by atoms with Crippen LogP contribution in [0.2, 0.25) is 0 Å². The largest absolute Gasteiger partial charge is 0.299 e. The molecule has 0 aliphatic heterocycles. The molecule has 1 nitrogen and oxygen atoms in total. The molecule has 1 heteroatoms. The van der Waals surface area contributed by atoms with E-state index in [2.05, 4.69) is 12.2 Å². The van der Waals surface area contributed by atoms with Crippen molar-refractivity contribution >= 4 is 5.78 Å². The highest BCUT2D eigenvalue weighted by Gasteiger charge is 2.41. The van der Waals surface area contributed by atoms with E-state index in [9.17, 15) is 4.79 Å². The van der Waals surface area contributed by atoms with Gasteiger partial charge in [-0.05, 0) is 37.5 Å². The molecule has 3 aliphatic carbocycles. The Morgan fingerprint density at radius 1 is 1.00 bits per heavy atom. The van der Waals surface area contributed by atoms with Gasteiger partial charge < -0.3 is 0 Å². The molecule has 0 aromatic carbocycles. The fourth-order valence-electron chi connectivity index (χ4n) is 3.80. The molecule has 3 aliphatic rings. The van der Waals surface area contributed by atoms with Crippen LogP contribution in [0.1, 0.15) is 44.9 Å². The Bertz CT molecular complexity index is 286. The predicted octanol–water partition coefficient (Wildman–Crippen LogP) is 3.35. The van der Waals surface area contributed by atoms with Gasteiger partial charge in [0.05, 0.1) is 0 Å². The van der Waals surface area contributed by atoms with E-state index < -0.39 is 0 Å². The summed E-state index contributed by atoms with van der Waals surface area (Å²) in [7, 11) is 0. The van der Waals surface area contributed by atoms with E-state index in [1.54, 1.807) is 0 Å². The number of rotatable bonds is 2. The summed E-state index contributed by atoms with van der Waals surface area (Å²) < 4.78 is 0. The summed E-state index contributed by atoms with van der Waals surface area (Å²) in [5.74, 6) is 2.81. The molecule has 15 heavy (non-hydrogen) atoms. The van der Waals surface area contributed by atoms with Gasteiger partial charge in [0.2, 0.25) is 0 Å². The Morgan fingerprint density at radius 3 is 2.40 bits per heavy atom. The highest BCUT2D eigenvalue weighted by molar-refractivity contribution is 5.84. The minimum atomic E-state index is 0.406. The summed E-state index contributed by atoms with van der Waals surface area (Å²) in [6.07, 6.45) is 13.3. The van der Waals surface area contributed by atoms with Crippen LogP contribution in [0.15, 0.2) is 12.2 Å². The molecule has 0 heterocycles. The minimum absolute atomic E-state index is 0.406. The number of carbonyl (C=O) groups is 1. The lowest BCUT2D eigenvalue weighted by atomic mass is 9.77. The number of allylic oxidation sites excluding steroid dienone is 2. The van der Waals surface area contributed by atoms with Gasteiger partial charge in [0.25, 0.3) is 0 Å². The van der Waals surface area contributed by atoms with Crippen molar-refractivity contribution in [1.82, 2.24) is 0 Å². The molecule has 3 rings (SSSR count). The second-order valence-corrected chi connectivity index (χ2v) is 5.62. The maximum atomic E-state index is 12.4. The van der Waals surface area contributed by atoms with Crippen molar-refractivity contribution in [2.24, 2.45) is 23.7 Å². The second-order valence-electron chi connectivity index (χ2n) is 5.62. The SMILES string of the molecule is O=C(C1CCCCC1)C1CC2C=CC1C2. The monoisotopic (exact) mass is 204 g/mol. The molecule has 3 atom stereocenters. The summed E-state index contributed by atoms with van der Waals surface area (Å²) in [4.78, 5) is 12.4. The Labute approximate surface area is 91.9 Å². The van der Waals surface area contributed by atoms with Crippen molar-refractivity contribution < 1.29 is 4.79 Å². The summed E-state index contributed by atoms with van der Waals surface area (Å²) in [5, 5.41) is 0.